The lowest BCUT2D eigenvalue weighted by atomic mass is 9.96. The molecular weight excluding hydrogens is 640 g/mol. The van der Waals surface area contributed by atoms with Gasteiger partial charge in [-0.15, -0.1) is 0 Å². The second kappa shape index (κ2) is 21.4. The fourth-order valence-electron chi connectivity index (χ4n) is 7.56. The van der Waals surface area contributed by atoms with Crippen LogP contribution in [0.4, 0.5) is 0 Å². The van der Waals surface area contributed by atoms with Gasteiger partial charge in [-0.2, -0.15) is 0 Å². The summed E-state index contributed by atoms with van der Waals surface area (Å²) in [6.45, 7) is 13.3. The Morgan fingerprint density at radius 2 is 1.53 bits per heavy atom. The van der Waals surface area contributed by atoms with E-state index in [2.05, 4.69) is 17.1 Å². The number of hydrogen-bond acceptors (Lipinski definition) is 6. The van der Waals surface area contributed by atoms with Crippen molar-refractivity contribution in [1.29, 1.82) is 0 Å². The number of unbranched alkanes of at least 4 members (excludes halogenated alkanes) is 6. The molecule has 51 heavy (non-hydrogen) atoms. The molecule has 2 saturated heterocycles. The maximum absolute atomic E-state index is 14.0. The molecule has 1 unspecified atom stereocenters. The highest BCUT2D eigenvalue weighted by Gasteiger charge is 2.38. The highest BCUT2D eigenvalue weighted by atomic mass is 16.5. The Hall–Kier alpha value is -3.20. The van der Waals surface area contributed by atoms with Gasteiger partial charge in [0, 0.05) is 19.2 Å². The minimum absolute atomic E-state index is 0.00677. The second-order valence-electron chi connectivity index (χ2n) is 15.7. The number of benzene rings is 1. The molecule has 2 aliphatic rings. The minimum atomic E-state index is -0.681. The van der Waals surface area contributed by atoms with Crippen LogP contribution in [0.1, 0.15) is 137 Å². The smallest absolute Gasteiger partial charge is 0.329 e. The van der Waals surface area contributed by atoms with Gasteiger partial charge in [-0.3, -0.25) is 19.3 Å². The lowest BCUT2D eigenvalue weighted by molar-refractivity contribution is -0.158. The number of carbonyl (C=O) groups is 4. The van der Waals surface area contributed by atoms with Crippen molar-refractivity contribution < 1.29 is 23.9 Å². The first kappa shape index (κ1) is 42.2. The SMILES string of the molecule is CCCCCCCCC[C@@H](OC(=O)[C@@H]1CCCN1C(=O)/C(C)=C/[C@H](C(C)C)N(C)C(=O)[C@@H](NC(=O)C1CCCCN1C)C(C)C)c1ccccc1. The Morgan fingerprint density at radius 1 is 0.882 bits per heavy atom. The zero-order valence-electron chi connectivity index (χ0n) is 33.0. The molecule has 3 rings (SSSR count). The highest BCUT2D eigenvalue weighted by Crippen LogP contribution is 2.29. The molecular formula is C42H68N4O5. The van der Waals surface area contributed by atoms with Crippen molar-refractivity contribution >= 4 is 23.7 Å². The molecule has 0 spiro atoms. The van der Waals surface area contributed by atoms with Crippen molar-refractivity contribution in [2.45, 2.75) is 155 Å². The van der Waals surface area contributed by atoms with Crippen LogP contribution in [0.2, 0.25) is 0 Å². The molecule has 2 fully saturated rings. The maximum atomic E-state index is 14.0. The van der Waals surface area contributed by atoms with Crippen LogP contribution < -0.4 is 5.32 Å². The van der Waals surface area contributed by atoms with Crippen LogP contribution in [0.25, 0.3) is 0 Å². The Labute approximate surface area is 308 Å². The first-order valence-electron chi connectivity index (χ1n) is 19.9. The fourth-order valence-corrected chi connectivity index (χ4v) is 7.56. The number of esters is 1. The number of ether oxygens (including phenoxy) is 1. The van der Waals surface area contributed by atoms with Gasteiger partial charge >= 0.3 is 5.97 Å². The van der Waals surface area contributed by atoms with E-state index in [1.165, 1.54) is 32.1 Å². The zero-order chi connectivity index (χ0) is 37.5. The van der Waals surface area contributed by atoms with Crippen LogP contribution in [0.3, 0.4) is 0 Å². The monoisotopic (exact) mass is 709 g/mol. The molecule has 0 saturated carbocycles. The summed E-state index contributed by atoms with van der Waals surface area (Å²) in [7, 11) is 3.71. The average Bonchev–Trinajstić information content (AvgIpc) is 3.61. The molecule has 1 aromatic carbocycles. The number of nitrogens with zero attached hydrogens (tertiary/aromatic N) is 3. The first-order valence-corrected chi connectivity index (χ1v) is 19.9. The van der Waals surface area contributed by atoms with E-state index in [-0.39, 0.29) is 53.7 Å². The second-order valence-corrected chi connectivity index (χ2v) is 15.7. The summed E-state index contributed by atoms with van der Waals surface area (Å²) in [4.78, 5) is 60.3. The largest absolute Gasteiger partial charge is 0.456 e. The predicted octanol–water partition coefficient (Wildman–Crippen LogP) is 7.46. The van der Waals surface area contributed by atoms with Crippen LogP contribution >= 0.6 is 0 Å². The van der Waals surface area contributed by atoms with Crippen LogP contribution in [-0.4, -0.2) is 89.7 Å². The topological polar surface area (TPSA) is 99.3 Å². The number of likely N-dealkylation sites (N-methyl/N-ethyl adjacent to an activating group) is 2. The molecule has 3 amide bonds. The lowest BCUT2D eigenvalue weighted by Crippen LogP contribution is -2.57. The minimum Gasteiger partial charge on any atom is -0.456 e. The van der Waals surface area contributed by atoms with Gasteiger partial charge in [-0.25, -0.2) is 4.79 Å². The average molecular weight is 709 g/mol. The van der Waals surface area contributed by atoms with Crippen molar-refractivity contribution in [2.75, 3.05) is 27.2 Å². The summed E-state index contributed by atoms with van der Waals surface area (Å²) in [6, 6.07) is 8.00. The molecule has 0 aliphatic carbocycles. The van der Waals surface area contributed by atoms with Crippen molar-refractivity contribution in [3.05, 3.63) is 47.5 Å². The number of piperidine rings is 1. The third-order valence-electron chi connectivity index (χ3n) is 10.8. The number of likely N-dealkylation sites (tertiary alicyclic amines) is 2. The van der Waals surface area contributed by atoms with Crippen LogP contribution in [0.5, 0.6) is 0 Å². The lowest BCUT2D eigenvalue weighted by Gasteiger charge is -2.36. The molecule has 0 radical (unpaired) electrons. The van der Waals surface area contributed by atoms with Crippen molar-refractivity contribution in [3.8, 4) is 0 Å². The molecule has 5 atom stereocenters. The Bertz CT molecular complexity index is 1280. The number of nitrogens with one attached hydrogen (secondary N) is 1. The zero-order valence-corrected chi connectivity index (χ0v) is 33.0. The molecule has 0 bridgehead atoms. The van der Waals surface area contributed by atoms with E-state index in [1.54, 1.807) is 23.8 Å². The summed E-state index contributed by atoms with van der Waals surface area (Å²) in [5.74, 6) is -0.950. The van der Waals surface area contributed by atoms with E-state index in [4.69, 9.17) is 4.74 Å². The van der Waals surface area contributed by atoms with Gasteiger partial charge in [0.2, 0.25) is 17.7 Å². The Balaban J connectivity index is 1.69. The van der Waals surface area contributed by atoms with E-state index < -0.39 is 12.1 Å². The third kappa shape index (κ3) is 12.5. The molecule has 1 aromatic rings. The molecule has 2 aliphatic heterocycles. The predicted molar refractivity (Wildman–Crippen MR) is 205 cm³/mol. The summed E-state index contributed by atoms with van der Waals surface area (Å²) >= 11 is 0. The van der Waals surface area contributed by atoms with Gasteiger partial charge in [0.25, 0.3) is 0 Å². The maximum Gasteiger partial charge on any atom is 0.329 e. The number of rotatable bonds is 19. The van der Waals surface area contributed by atoms with Crippen LogP contribution in [0.15, 0.2) is 42.0 Å². The van der Waals surface area contributed by atoms with Gasteiger partial charge in [-0.05, 0) is 76.4 Å². The van der Waals surface area contributed by atoms with Gasteiger partial charge in [-0.1, -0.05) is 116 Å². The number of carbonyl (C=O) groups excluding carboxylic acids is 4. The number of amides is 3. The summed E-state index contributed by atoms with van der Waals surface area (Å²) in [5, 5.41) is 3.06. The highest BCUT2D eigenvalue weighted by molar-refractivity contribution is 5.96. The summed E-state index contributed by atoms with van der Waals surface area (Å²) < 4.78 is 6.20. The van der Waals surface area contributed by atoms with Crippen molar-refractivity contribution in [3.63, 3.8) is 0 Å². The molecule has 0 aromatic heterocycles. The Kier molecular flexibility index (Phi) is 17.7. The molecule has 286 valence electrons. The van der Waals surface area contributed by atoms with Gasteiger partial charge < -0.3 is 19.9 Å². The number of hydrogen-bond donors (Lipinski definition) is 1. The van der Waals surface area contributed by atoms with Crippen molar-refractivity contribution in [2.24, 2.45) is 11.8 Å². The van der Waals surface area contributed by atoms with Gasteiger partial charge in [0.05, 0.1) is 12.1 Å². The molecule has 9 nitrogen and oxygen atoms in total. The summed E-state index contributed by atoms with van der Waals surface area (Å²) in [5.41, 5.74) is 1.47. The third-order valence-corrected chi connectivity index (χ3v) is 10.8. The van der Waals surface area contributed by atoms with Crippen LogP contribution in [-0.2, 0) is 23.9 Å². The summed E-state index contributed by atoms with van der Waals surface area (Å²) in [6.07, 6.45) is 14.7. The fraction of sp³-hybridized carbons (Fsp3) is 0.714. The molecule has 9 heteroatoms. The standard InChI is InChI=1S/C42H68N4O5/c1-9-10-11-12-13-14-18-26-37(33-22-16-15-17-23-33)51-42(50)35-25-21-28-46(35)40(48)32(6)29-36(30(2)3)45(8)41(49)38(31(4)5)43-39(47)34-24-19-20-27-44(34)7/h15-17,22-23,29-31,34-38H,9-14,18-21,24-28H2,1-8H3,(H,43,47)/b32-29+/t34?,35-,36+,37+,38-/m0/s1. The van der Waals surface area contributed by atoms with Crippen molar-refractivity contribution in [1.82, 2.24) is 20.0 Å². The van der Waals surface area contributed by atoms with E-state index >= 15 is 0 Å². The van der Waals surface area contributed by atoms with E-state index in [1.807, 2.05) is 71.2 Å². The van der Waals surface area contributed by atoms with Gasteiger partial charge in [0.1, 0.15) is 18.2 Å². The quantitative estimate of drug-likeness (QED) is 0.0911. The van der Waals surface area contributed by atoms with E-state index in [0.29, 0.717) is 18.5 Å². The van der Waals surface area contributed by atoms with Gasteiger partial charge in [0.15, 0.2) is 0 Å². The molecule has 2 heterocycles. The normalized spacial score (nSPS) is 20.3. The Morgan fingerprint density at radius 3 is 2.16 bits per heavy atom. The molecule has 1 N–H and O–H groups in total. The van der Waals surface area contributed by atoms with E-state index in [9.17, 15) is 19.2 Å². The van der Waals surface area contributed by atoms with E-state index in [0.717, 1.165) is 57.1 Å². The first-order chi connectivity index (χ1) is 24.4. The van der Waals surface area contributed by atoms with Crippen LogP contribution in [0, 0.1) is 11.8 Å².